The number of benzene rings is 2. The normalized spacial score (nSPS) is 15.1. The van der Waals surface area contributed by atoms with Crippen LogP contribution in [0.15, 0.2) is 48.5 Å². The van der Waals surface area contributed by atoms with Gasteiger partial charge >= 0.3 is 0 Å². The van der Waals surface area contributed by atoms with Crippen LogP contribution in [0.2, 0.25) is 0 Å². The van der Waals surface area contributed by atoms with Gasteiger partial charge in [0, 0.05) is 18.7 Å². The summed E-state index contributed by atoms with van der Waals surface area (Å²) in [6.07, 6.45) is 0.899. The predicted octanol–water partition coefficient (Wildman–Crippen LogP) is 2.03. The van der Waals surface area contributed by atoms with E-state index in [0.29, 0.717) is 6.54 Å². The number of fused-ring (bicyclic) bond motifs is 1. The Labute approximate surface area is 145 Å². The maximum absolute atomic E-state index is 12.9. The molecule has 2 amide bonds. The van der Waals surface area contributed by atoms with Crippen molar-refractivity contribution in [3.05, 3.63) is 71.0 Å². The summed E-state index contributed by atoms with van der Waals surface area (Å²) in [6, 6.07) is 13.0. The minimum Gasteiger partial charge on any atom is -0.287 e. The quantitative estimate of drug-likeness (QED) is 0.840. The molecule has 2 aromatic rings. The topological polar surface area (TPSA) is 61.4 Å². The van der Waals surface area contributed by atoms with E-state index >= 15 is 0 Å². The van der Waals surface area contributed by atoms with Crippen molar-refractivity contribution in [2.24, 2.45) is 0 Å². The summed E-state index contributed by atoms with van der Waals surface area (Å²) >= 11 is 0. The van der Waals surface area contributed by atoms with E-state index in [1.807, 2.05) is 19.1 Å². The number of nitrogens with zero attached hydrogens (tertiary/aromatic N) is 1. The first kappa shape index (κ1) is 17.1. The molecule has 0 aromatic heterocycles. The summed E-state index contributed by atoms with van der Waals surface area (Å²) < 4.78 is 12.9. The molecule has 130 valence electrons. The van der Waals surface area contributed by atoms with Gasteiger partial charge in [0.2, 0.25) is 0 Å². The van der Waals surface area contributed by atoms with Crippen LogP contribution in [0.5, 0.6) is 0 Å². The minimum atomic E-state index is -0.482. The lowest BCUT2D eigenvalue weighted by molar-refractivity contribution is -0.127. The van der Waals surface area contributed by atoms with Crippen molar-refractivity contribution in [1.29, 1.82) is 0 Å². The molecule has 0 aliphatic carbocycles. The van der Waals surface area contributed by atoms with Gasteiger partial charge in [-0.1, -0.05) is 24.3 Å². The molecule has 1 aliphatic rings. The van der Waals surface area contributed by atoms with E-state index in [4.69, 9.17) is 0 Å². The van der Waals surface area contributed by atoms with Gasteiger partial charge in [0.15, 0.2) is 0 Å². The number of amides is 2. The minimum absolute atomic E-state index is 0.279. The first-order valence-corrected chi connectivity index (χ1v) is 8.21. The summed E-state index contributed by atoms with van der Waals surface area (Å²) in [6.45, 7) is 3.31. The van der Waals surface area contributed by atoms with Gasteiger partial charge in [0.25, 0.3) is 11.8 Å². The fourth-order valence-electron chi connectivity index (χ4n) is 2.91. The number of hydrazine groups is 1. The Morgan fingerprint density at radius 1 is 1.04 bits per heavy atom. The lowest BCUT2D eigenvalue weighted by atomic mass is 9.99. The maximum atomic E-state index is 12.9. The highest BCUT2D eigenvalue weighted by atomic mass is 19.1. The van der Waals surface area contributed by atoms with E-state index in [2.05, 4.69) is 27.9 Å². The fraction of sp³-hybridized carbons (Fsp3) is 0.263. The first-order chi connectivity index (χ1) is 12.0. The molecule has 1 aliphatic heterocycles. The number of nitrogens with one attached hydrogen (secondary N) is 2. The van der Waals surface area contributed by atoms with E-state index in [9.17, 15) is 14.0 Å². The lowest BCUT2D eigenvalue weighted by Crippen LogP contribution is -2.52. The van der Waals surface area contributed by atoms with Gasteiger partial charge < -0.3 is 0 Å². The molecule has 1 heterocycles. The standard InChI is InChI=1S/C19H20FN3O2/c1-13(23-11-10-14-4-2-3-5-16(14)12-23)18(24)21-22-19(25)15-6-8-17(20)9-7-15/h2-9,13H,10-12H2,1H3,(H,21,24)(H,22,25). The van der Waals surface area contributed by atoms with Crippen molar-refractivity contribution in [2.45, 2.75) is 25.9 Å². The zero-order valence-electron chi connectivity index (χ0n) is 14.0. The monoisotopic (exact) mass is 341 g/mol. The molecule has 6 heteroatoms. The van der Waals surface area contributed by atoms with Crippen molar-refractivity contribution in [3.8, 4) is 0 Å². The highest BCUT2D eigenvalue weighted by Crippen LogP contribution is 2.20. The van der Waals surface area contributed by atoms with Crippen LogP contribution < -0.4 is 10.9 Å². The predicted molar refractivity (Wildman–Crippen MR) is 92.0 cm³/mol. The van der Waals surface area contributed by atoms with Crippen LogP contribution in [0.1, 0.15) is 28.4 Å². The molecule has 25 heavy (non-hydrogen) atoms. The van der Waals surface area contributed by atoms with Crippen molar-refractivity contribution in [3.63, 3.8) is 0 Å². The van der Waals surface area contributed by atoms with Crippen LogP contribution in [-0.2, 0) is 17.8 Å². The van der Waals surface area contributed by atoms with Crippen LogP contribution in [0.4, 0.5) is 4.39 Å². The average Bonchev–Trinajstić information content (AvgIpc) is 2.65. The van der Waals surface area contributed by atoms with E-state index in [1.54, 1.807) is 0 Å². The molecule has 3 rings (SSSR count). The molecule has 0 radical (unpaired) electrons. The Morgan fingerprint density at radius 2 is 1.72 bits per heavy atom. The number of halogens is 1. The second-order valence-corrected chi connectivity index (χ2v) is 6.12. The molecular weight excluding hydrogens is 321 g/mol. The van der Waals surface area contributed by atoms with Gasteiger partial charge in [-0.05, 0) is 48.7 Å². The highest BCUT2D eigenvalue weighted by Gasteiger charge is 2.25. The van der Waals surface area contributed by atoms with Gasteiger partial charge in [-0.2, -0.15) is 0 Å². The molecule has 2 aromatic carbocycles. The summed E-state index contributed by atoms with van der Waals surface area (Å²) in [5.74, 6) is -1.18. The summed E-state index contributed by atoms with van der Waals surface area (Å²) in [5, 5.41) is 0. The molecule has 1 atom stereocenters. The molecule has 2 N–H and O–H groups in total. The molecule has 0 fully saturated rings. The number of carbonyl (C=O) groups excluding carboxylic acids is 2. The molecule has 5 nitrogen and oxygen atoms in total. The van der Waals surface area contributed by atoms with Crippen molar-refractivity contribution in [2.75, 3.05) is 6.54 Å². The summed E-state index contributed by atoms with van der Waals surface area (Å²) in [4.78, 5) is 26.3. The maximum Gasteiger partial charge on any atom is 0.269 e. The van der Waals surface area contributed by atoms with Crippen LogP contribution in [0.3, 0.4) is 0 Å². The van der Waals surface area contributed by atoms with Crippen LogP contribution in [-0.4, -0.2) is 29.3 Å². The number of rotatable bonds is 3. The third-order valence-electron chi connectivity index (χ3n) is 4.49. The number of carbonyl (C=O) groups is 2. The summed E-state index contributed by atoms with van der Waals surface area (Å²) in [7, 11) is 0. The molecule has 0 saturated heterocycles. The molecule has 0 bridgehead atoms. The molecule has 0 saturated carbocycles. The Bertz CT molecular complexity index is 776. The van der Waals surface area contributed by atoms with Gasteiger partial charge in [-0.15, -0.1) is 0 Å². The number of hydrogen-bond donors (Lipinski definition) is 2. The van der Waals surface area contributed by atoms with Crippen molar-refractivity contribution >= 4 is 11.8 Å². The second kappa shape index (κ2) is 7.44. The summed E-state index contributed by atoms with van der Waals surface area (Å²) in [5.41, 5.74) is 7.63. The van der Waals surface area contributed by atoms with Crippen LogP contribution >= 0.6 is 0 Å². The Balaban J connectivity index is 1.54. The van der Waals surface area contributed by atoms with Crippen LogP contribution in [0, 0.1) is 5.82 Å². The van der Waals surface area contributed by atoms with E-state index in [0.717, 1.165) is 13.0 Å². The van der Waals surface area contributed by atoms with Crippen molar-refractivity contribution in [1.82, 2.24) is 15.8 Å². The van der Waals surface area contributed by atoms with Crippen molar-refractivity contribution < 1.29 is 14.0 Å². The van der Waals surface area contributed by atoms with Gasteiger partial charge in [-0.3, -0.25) is 25.3 Å². The highest BCUT2D eigenvalue weighted by molar-refractivity contribution is 5.95. The molecule has 0 spiro atoms. The average molecular weight is 341 g/mol. The Kier molecular flexibility index (Phi) is 5.09. The lowest BCUT2D eigenvalue weighted by Gasteiger charge is -2.32. The zero-order valence-corrected chi connectivity index (χ0v) is 14.0. The Morgan fingerprint density at radius 3 is 2.44 bits per heavy atom. The largest absolute Gasteiger partial charge is 0.287 e. The van der Waals surface area contributed by atoms with Crippen LogP contribution in [0.25, 0.3) is 0 Å². The van der Waals surface area contributed by atoms with Gasteiger partial charge in [-0.25, -0.2) is 4.39 Å². The van der Waals surface area contributed by atoms with E-state index < -0.39 is 11.7 Å². The second-order valence-electron chi connectivity index (χ2n) is 6.12. The molecule has 1 unspecified atom stereocenters. The first-order valence-electron chi connectivity index (χ1n) is 8.21. The smallest absolute Gasteiger partial charge is 0.269 e. The molecular formula is C19H20FN3O2. The van der Waals surface area contributed by atoms with E-state index in [1.165, 1.54) is 35.4 Å². The van der Waals surface area contributed by atoms with Gasteiger partial charge in [0.1, 0.15) is 5.82 Å². The fourth-order valence-corrected chi connectivity index (χ4v) is 2.91. The Hall–Kier alpha value is -2.73. The zero-order chi connectivity index (χ0) is 17.8. The third kappa shape index (κ3) is 4.03. The van der Waals surface area contributed by atoms with E-state index in [-0.39, 0.29) is 17.5 Å². The third-order valence-corrected chi connectivity index (χ3v) is 4.49. The SMILES string of the molecule is CC(C(=O)NNC(=O)c1ccc(F)cc1)N1CCc2ccccc2C1. The number of hydrogen-bond acceptors (Lipinski definition) is 3. The van der Waals surface area contributed by atoms with Gasteiger partial charge in [0.05, 0.1) is 6.04 Å².